The highest BCUT2D eigenvalue weighted by Crippen LogP contribution is 2.20. The van der Waals surface area contributed by atoms with Gasteiger partial charge in [0.15, 0.2) is 0 Å². The Morgan fingerprint density at radius 1 is 0.906 bits per heavy atom. The van der Waals surface area contributed by atoms with Crippen molar-refractivity contribution in [1.29, 1.82) is 0 Å². The maximum absolute atomic E-state index is 12.1. The quantitative estimate of drug-likeness (QED) is 0.221. The third-order valence-electron chi connectivity index (χ3n) is 4.37. The van der Waals surface area contributed by atoms with E-state index in [4.69, 9.17) is 38.6 Å². The lowest BCUT2D eigenvalue weighted by molar-refractivity contribution is 0.0483. The Bertz CT molecular complexity index is 743. The molecule has 8 nitrogen and oxygen atoms in total. The lowest BCUT2D eigenvalue weighted by Crippen LogP contribution is -2.54. The number of alkyl carbamates (subject to hydrolysis) is 1. The molecule has 0 heterocycles. The zero-order valence-corrected chi connectivity index (χ0v) is 22.9. The fraction of sp³-hybridized carbons (Fsp3) is 0.947. The van der Waals surface area contributed by atoms with Crippen molar-refractivity contribution in [2.75, 3.05) is 23.3 Å². The van der Waals surface area contributed by atoms with Crippen molar-refractivity contribution in [2.45, 2.75) is 89.8 Å². The number of carbonyl (C=O) groups is 1. The molecular formula is C19H37Cl3N2O6S2. The molecule has 1 saturated carbocycles. The third-order valence-corrected chi connectivity index (χ3v) is 7.63. The summed E-state index contributed by atoms with van der Waals surface area (Å²) in [6, 6.07) is -0.515. The summed E-state index contributed by atoms with van der Waals surface area (Å²) in [5.41, 5.74) is -0.574. The third kappa shape index (κ3) is 18.4. The summed E-state index contributed by atoms with van der Waals surface area (Å²) in [4.78, 5) is 11.9. The largest absolute Gasteiger partial charge is 0.444 e. The number of carbonyl (C=O) groups excluding carboxylic acids is 1. The number of ether oxygens (including phenoxy) is 1. The minimum atomic E-state index is -3.36. The molecule has 0 spiro atoms. The van der Waals surface area contributed by atoms with E-state index in [2.05, 4.69) is 10.0 Å². The zero-order valence-electron chi connectivity index (χ0n) is 19.0. The number of nitrogens with one attached hydrogen (secondary N) is 2. The fourth-order valence-corrected chi connectivity index (χ4v) is 5.65. The van der Waals surface area contributed by atoms with Gasteiger partial charge >= 0.3 is 6.09 Å². The van der Waals surface area contributed by atoms with Crippen molar-refractivity contribution in [2.24, 2.45) is 0 Å². The van der Waals surface area contributed by atoms with Gasteiger partial charge in [0, 0.05) is 34.5 Å². The van der Waals surface area contributed by atoms with Crippen molar-refractivity contribution in [1.82, 2.24) is 10.0 Å². The molecule has 1 rings (SSSR count). The van der Waals surface area contributed by atoms with Crippen LogP contribution in [0.25, 0.3) is 0 Å². The molecule has 192 valence electrons. The summed E-state index contributed by atoms with van der Waals surface area (Å²) in [5.74, 6) is 1.05. The van der Waals surface area contributed by atoms with Crippen LogP contribution in [-0.4, -0.2) is 63.9 Å². The molecule has 1 fully saturated rings. The Labute approximate surface area is 207 Å². The average Bonchev–Trinajstić information content (AvgIpc) is 2.61. The molecule has 2 N–H and O–H groups in total. The van der Waals surface area contributed by atoms with Crippen molar-refractivity contribution in [3.8, 4) is 0 Å². The predicted molar refractivity (Wildman–Crippen MR) is 132 cm³/mol. The summed E-state index contributed by atoms with van der Waals surface area (Å²) in [6.45, 7) is 5.39. The van der Waals surface area contributed by atoms with E-state index >= 15 is 0 Å². The maximum atomic E-state index is 12.1. The van der Waals surface area contributed by atoms with Crippen LogP contribution < -0.4 is 10.0 Å². The standard InChI is InChI=1S/C15H29ClN2O4S.C4H8Cl2O2S/c1-15(2,3)22-14(19)17-12-8-4-5-9-13(12)18-23(20,21)11-7-6-10-16;5-3-1-2-4-9(6,7)8/h12-13,18H,4-11H2,1-3H3,(H,17,19);1-4H2/t12-,13-;/m1./s1. The Morgan fingerprint density at radius 3 is 1.88 bits per heavy atom. The normalized spacial score (nSPS) is 19.6. The van der Waals surface area contributed by atoms with Crippen LogP contribution in [0, 0.1) is 0 Å². The van der Waals surface area contributed by atoms with Gasteiger partial charge in [0.25, 0.3) is 0 Å². The molecule has 0 aromatic carbocycles. The van der Waals surface area contributed by atoms with Crippen LogP contribution in [-0.2, 0) is 23.8 Å². The smallest absolute Gasteiger partial charge is 0.407 e. The fourth-order valence-electron chi connectivity index (χ4n) is 2.95. The second-order valence-electron chi connectivity index (χ2n) is 8.62. The number of amides is 1. The Kier molecular flexibility index (Phi) is 15.8. The molecule has 0 bridgehead atoms. The number of rotatable bonds is 11. The van der Waals surface area contributed by atoms with E-state index in [0.717, 1.165) is 25.7 Å². The van der Waals surface area contributed by atoms with E-state index in [1.165, 1.54) is 0 Å². The SMILES string of the molecule is CC(C)(C)OC(=O)N[C@@H]1CCCC[C@H]1NS(=O)(=O)CCCCCl.O=S(=O)(Cl)CCCCCl. The van der Waals surface area contributed by atoms with Gasteiger partial charge in [0.1, 0.15) is 5.60 Å². The first-order valence-electron chi connectivity index (χ1n) is 10.7. The zero-order chi connectivity index (χ0) is 24.8. The van der Waals surface area contributed by atoms with Crippen LogP contribution in [0.2, 0.25) is 0 Å². The van der Waals surface area contributed by atoms with Gasteiger partial charge < -0.3 is 10.1 Å². The summed E-state index contributed by atoms with van der Waals surface area (Å²) < 4.78 is 52.7. The number of unbranched alkanes of at least 4 members (excludes halogenated alkanes) is 2. The minimum Gasteiger partial charge on any atom is -0.444 e. The van der Waals surface area contributed by atoms with Crippen molar-refractivity contribution in [3.63, 3.8) is 0 Å². The van der Waals surface area contributed by atoms with Gasteiger partial charge in [-0.1, -0.05) is 12.8 Å². The van der Waals surface area contributed by atoms with E-state index in [9.17, 15) is 21.6 Å². The van der Waals surface area contributed by atoms with Gasteiger partial charge in [0.2, 0.25) is 19.1 Å². The molecule has 1 amide bonds. The molecule has 1 aliphatic rings. The topological polar surface area (TPSA) is 119 Å². The number of sulfonamides is 1. The van der Waals surface area contributed by atoms with Crippen molar-refractivity contribution >= 4 is 59.1 Å². The molecular weight excluding hydrogens is 523 g/mol. The van der Waals surface area contributed by atoms with Gasteiger partial charge in [0.05, 0.1) is 11.5 Å². The lowest BCUT2D eigenvalue weighted by Gasteiger charge is -2.33. The molecule has 2 atom stereocenters. The Balaban J connectivity index is 0.000000900. The molecule has 32 heavy (non-hydrogen) atoms. The molecule has 0 radical (unpaired) electrons. The first-order chi connectivity index (χ1) is 14.7. The van der Waals surface area contributed by atoms with Gasteiger partial charge in [-0.15, -0.1) is 23.2 Å². The van der Waals surface area contributed by atoms with Crippen LogP contribution >= 0.6 is 33.9 Å². The average molecular weight is 560 g/mol. The molecule has 0 unspecified atom stereocenters. The highest BCUT2D eigenvalue weighted by atomic mass is 35.7. The van der Waals surface area contributed by atoms with Crippen LogP contribution in [0.4, 0.5) is 4.79 Å². The van der Waals surface area contributed by atoms with Gasteiger partial charge in [-0.3, -0.25) is 0 Å². The number of hydrogen-bond donors (Lipinski definition) is 2. The van der Waals surface area contributed by atoms with Crippen molar-refractivity contribution < 1.29 is 26.4 Å². The van der Waals surface area contributed by atoms with Crippen LogP contribution in [0.1, 0.15) is 72.1 Å². The van der Waals surface area contributed by atoms with E-state index < -0.39 is 30.8 Å². The number of hydrogen-bond acceptors (Lipinski definition) is 6. The molecule has 0 aromatic heterocycles. The predicted octanol–water partition coefficient (Wildman–Crippen LogP) is 4.33. The van der Waals surface area contributed by atoms with Crippen LogP contribution in [0.15, 0.2) is 0 Å². The summed E-state index contributed by atoms with van der Waals surface area (Å²) in [5, 5.41) is 2.81. The van der Waals surface area contributed by atoms with Crippen molar-refractivity contribution in [3.05, 3.63) is 0 Å². The Hall–Kier alpha value is -0.000000000000000111. The van der Waals surface area contributed by atoms with Crippen LogP contribution in [0.3, 0.4) is 0 Å². The lowest BCUT2D eigenvalue weighted by atomic mass is 9.91. The molecule has 0 saturated heterocycles. The monoisotopic (exact) mass is 558 g/mol. The first kappa shape index (κ1) is 32.0. The van der Waals surface area contributed by atoms with Gasteiger partial charge in [-0.25, -0.2) is 26.4 Å². The van der Waals surface area contributed by atoms with E-state index in [0.29, 0.717) is 37.4 Å². The molecule has 1 aliphatic carbocycles. The molecule has 13 heteroatoms. The first-order valence-corrected chi connectivity index (χ1v) is 15.9. The second-order valence-corrected chi connectivity index (χ2v) is 14.1. The van der Waals surface area contributed by atoms with Gasteiger partial charge in [-0.2, -0.15) is 0 Å². The Morgan fingerprint density at radius 2 is 1.41 bits per heavy atom. The molecule has 0 aromatic rings. The minimum absolute atomic E-state index is 0.0290. The number of halogens is 3. The summed E-state index contributed by atoms with van der Waals surface area (Å²) in [6.07, 6.45) is 5.33. The van der Waals surface area contributed by atoms with E-state index in [1.54, 1.807) is 20.8 Å². The summed E-state index contributed by atoms with van der Waals surface area (Å²) >= 11 is 10.9. The van der Waals surface area contributed by atoms with E-state index in [-0.39, 0.29) is 23.6 Å². The number of alkyl halides is 2. The van der Waals surface area contributed by atoms with Crippen LogP contribution in [0.5, 0.6) is 0 Å². The summed E-state index contributed by atoms with van der Waals surface area (Å²) in [7, 11) is -1.74. The highest BCUT2D eigenvalue weighted by Gasteiger charge is 2.31. The van der Waals surface area contributed by atoms with E-state index in [1.807, 2.05) is 0 Å². The highest BCUT2D eigenvalue weighted by molar-refractivity contribution is 8.13. The maximum Gasteiger partial charge on any atom is 0.407 e. The van der Waals surface area contributed by atoms with Gasteiger partial charge in [-0.05, 0) is 59.3 Å². The molecule has 0 aliphatic heterocycles. The second kappa shape index (κ2) is 15.8.